The molecule has 0 aliphatic heterocycles. The van der Waals surface area contributed by atoms with E-state index in [0.717, 1.165) is 12.3 Å². The van der Waals surface area contributed by atoms with E-state index in [9.17, 15) is 22.8 Å². The number of halogens is 3. The van der Waals surface area contributed by atoms with Crippen LogP contribution in [0, 0.1) is 5.92 Å². The predicted octanol–water partition coefficient (Wildman–Crippen LogP) is 2.41. The maximum atomic E-state index is 12.9. The lowest BCUT2D eigenvalue weighted by Crippen LogP contribution is -2.46. The van der Waals surface area contributed by atoms with Crippen molar-refractivity contribution in [3.63, 3.8) is 0 Å². The Bertz CT molecular complexity index is 596. The summed E-state index contributed by atoms with van der Waals surface area (Å²) in [5.74, 6) is -3.59. The van der Waals surface area contributed by atoms with E-state index in [-0.39, 0.29) is 24.1 Å². The third-order valence-corrected chi connectivity index (χ3v) is 3.41. The van der Waals surface area contributed by atoms with Gasteiger partial charge < -0.3 is 10.4 Å². The average Bonchev–Trinajstić information content (AvgIpc) is 2.46. The van der Waals surface area contributed by atoms with Gasteiger partial charge in [-0.2, -0.15) is 13.2 Å². The zero-order valence-corrected chi connectivity index (χ0v) is 11.3. The van der Waals surface area contributed by atoms with Gasteiger partial charge in [0.2, 0.25) is 0 Å². The van der Waals surface area contributed by atoms with Crippen LogP contribution >= 0.6 is 0 Å². The zero-order valence-electron chi connectivity index (χ0n) is 11.3. The fourth-order valence-corrected chi connectivity index (χ4v) is 2.24. The molecule has 2 atom stereocenters. The molecule has 8 heteroatoms. The molecule has 1 aromatic heterocycles. The van der Waals surface area contributed by atoms with Crippen molar-refractivity contribution in [2.75, 3.05) is 0 Å². The molecule has 1 amide bonds. The van der Waals surface area contributed by atoms with Gasteiger partial charge in [0.05, 0.1) is 11.5 Å². The van der Waals surface area contributed by atoms with Crippen LogP contribution in [0.4, 0.5) is 13.2 Å². The number of pyridine rings is 1. The molecule has 0 aromatic carbocycles. The zero-order chi connectivity index (χ0) is 16.3. The van der Waals surface area contributed by atoms with Crippen LogP contribution in [0.15, 0.2) is 30.5 Å². The summed E-state index contributed by atoms with van der Waals surface area (Å²) in [7, 11) is 0. The summed E-state index contributed by atoms with van der Waals surface area (Å²) < 4.78 is 38.8. The molecule has 0 spiro atoms. The monoisotopic (exact) mass is 314 g/mol. The van der Waals surface area contributed by atoms with Gasteiger partial charge in [-0.1, -0.05) is 12.2 Å². The van der Waals surface area contributed by atoms with Crippen molar-refractivity contribution in [2.24, 2.45) is 5.92 Å². The molecule has 1 aromatic rings. The minimum absolute atomic E-state index is 0.0143. The minimum Gasteiger partial charge on any atom is -0.477 e. The number of carboxylic acid groups (broad SMARTS) is 1. The number of carbonyl (C=O) groups excluding carboxylic acids is 1. The summed E-state index contributed by atoms with van der Waals surface area (Å²) in [4.78, 5) is 26.2. The lowest BCUT2D eigenvalue weighted by molar-refractivity contribution is -0.181. The van der Waals surface area contributed by atoms with Crippen molar-refractivity contribution >= 4 is 11.9 Å². The summed E-state index contributed by atoms with van der Waals surface area (Å²) >= 11 is 0. The van der Waals surface area contributed by atoms with E-state index in [1.54, 1.807) is 6.08 Å². The lowest BCUT2D eigenvalue weighted by Gasteiger charge is -2.30. The van der Waals surface area contributed by atoms with Crippen LogP contribution in [0.3, 0.4) is 0 Å². The predicted molar refractivity (Wildman–Crippen MR) is 70.4 cm³/mol. The highest BCUT2D eigenvalue weighted by atomic mass is 19.4. The van der Waals surface area contributed by atoms with Crippen LogP contribution in [0.5, 0.6) is 0 Å². The molecule has 2 unspecified atom stereocenters. The van der Waals surface area contributed by atoms with Gasteiger partial charge >= 0.3 is 12.1 Å². The van der Waals surface area contributed by atoms with E-state index in [1.807, 2.05) is 0 Å². The highest BCUT2D eigenvalue weighted by molar-refractivity contribution is 5.95. The molecule has 22 heavy (non-hydrogen) atoms. The van der Waals surface area contributed by atoms with Crippen LogP contribution in [0.2, 0.25) is 0 Å². The van der Waals surface area contributed by atoms with Crippen LogP contribution in [-0.2, 0) is 0 Å². The number of rotatable bonds is 3. The largest absolute Gasteiger partial charge is 0.477 e. The van der Waals surface area contributed by atoms with Crippen LogP contribution in [-0.4, -0.2) is 34.2 Å². The van der Waals surface area contributed by atoms with Gasteiger partial charge in [0, 0.05) is 12.2 Å². The van der Waals surface area contributed by atoms with Crippen molar-refractivity contribution in [2.45, 2.75) is 25.1 Å². The van der Waals surface area contributed by atoms with Crippen molar-refractivity contribution in [1.82, 2.24) is 10.3 Å². The van der Waals surface area contributed by atoms with Gasteiger partial charge in [-0.15, -0.1) is 0 Å². The maximum Gasteiger partial charge on any atom is 0.394 e. The van der Waals surface area contributed by atoms with E-state index in [2.05, 4.69) is 10.3 Å². The normalized spacial score (nSPS) is 21.4. The molecule has 0 saturated carbocycles. The second-order valence-electron chi connectivity index (χ2n) is 4.91. The fourth-order valence-electron chi connectivity index (χ4n) is 2.24. The summed E-state index contributed by atoms with van der Waals surface area (Å²) in [5, 5.41) is 11.0. The van der Waals surface area contributed by atoms with Gasteiger partial charge in [0.1, 0.15) is 5.69 Å². The Morgan fingerprint density at radius 1 is 1.23 bits per heavy atom. The number of nitrogens with one attached hydrogen (secondary N) is 1. The molecule has 5 nitrogen and oxygen atoms in total. The second-order valence-corrected chi connectivity index (χ2v) is 4.91. The number of aromatic nitrogens is 1. The Morgan fingerprint density at radius 2 is 1.91 bits per heavy atom. The first kappa shape index (κ1) is 16.0. The molecule has 0 radical (unpaired) electrons. The summed E-state index contributed by atoms with van der Waals surface area (Å²) in [6.07, 6.45) is -0.404. The molecule has 1 aliphatic rings. The Hall–Kier alpha value is -2.38. The van der Waals surface area contributed by atoms with Crippen molar-refractivity contribution in [3.8, 4) is 0 Å². The molecule has 118 valence electrons. The molecular formula is C14H13F3N2O3. The average molecular weight is 314 g/mol. The van der Waals surface area contributed by atoms with Crippen molar-refractivity contribution < 1.29 is 27.9 Å². The van der Waals surface area contributed by atoms with Gasteiger partial charge in [-0.3, -0.25) is 4.79 Å². The first-order valence-corrected chi connectivity index (χ1v) is 6.51. The second kappa shape index (κ2) is 6.17. The highest BCUT2D eigenvalue weighted by Gasteiger charge is 2.45. The Labute approximate surface area is 123 Å². The third kappa shape index (κ3) is 3.63. The maximum absolute atomic E-state index is 12.9. The Kier molecular flexibility index (Phi) is 4.48. The quantitative estimate of drug-likeness (QED) is 0.840. The molecule has 2 N–H and O–H groups in total. The smallest absolute Gasteiger partial charge is 0.394 e. The molecular weight excluding hydrogens is 301 g/mol. The molecule has 2 rings (SSSR count). The summed E-state index contributed by atoms with van der Waals surface area (Å²) in [6, 6.07) is 1.29. The third-order valence-electron chi connectivity index (χ3n) is 3.41. The first-order valence-electron chi connectivity index (χ1n) is 6.51. The topological polar surface area (TPSA) is 79.3 Å². The van der Waals surface area contributed by atoms with Crippen molar-refractivity contribution in [3.05, 3.63) is 41.7 Å². The highest BCUT2D eigenvalue weighted by Crippen LogP contribution is 2.35. The number of nitrogens with zero attached hydrogens (tertiary/aromatic N) is 1. The van der Waals surface area contributed by atoms with Crippen LogP contribution in [0.25, 0.3) is 0 Å². The number of hydrogen-bond donors (Lipinski definition) is 2. The van der Waals surface area contributed by atoms with E-state index in [4.69, 9.17) is 5.11 Å². The molecule has 0 fully saturated rings. The van der Waals surface area contributed by atoms with Gasteiger partial charge in [0.15, 0.2) is 0 Å². The number of amides is 1. The number of hydrogen-bond acceptors (Lipinski definition) is 3. The number of allylic oxidation sites excluding steroid dienone is 1. The van der Waals surface area contributed by atoms with Gasteiger partial charge in [-0.05, 0) is 25.0 Å². The molecule has 0 bridgehead atoms. The minimum atomic E-state index is -4.39. The standard InChI is InChI=1S/C14H13F3N2O3/c15-14(16,17)9-3-1-2-4-10(9)19-12(20)8-5-6-11(13(21)22)18-7-8/h1-2,5-7,9-10H,3-4H2,(H,19,20)(H,21,22). The number of aromatic carboxylic acids is 1. The number of carboxylic acids is 1. The van der Waals surface area contributed by atoms with E-state index in [0.29, 0.717) is 0 Å². The van der Waals surface area contributed by atoms with Crippen LogP contribution < -0.4 is 5.32 Å². The Morgan fingerprint density at radius 3 is 2.45 bits per heavy atom. The number of alkyl halides is 3. The molecule has 1 aliphatic carbocycles. The fraction of sp³-hybridized carbons (Fsp3) is 0.357. The lowest BCUT2D eigenvalue weighted by atomic mass is 9.88. The van der Waals surface area contributed by atoms with E-state index < -0.39 is 30.0 Å². The number of carbonyl (C=O) groups is 2. The van der Waals surface area contributed by atoms with E-state index >= 15 is 0 Å². The summed E-state index contributed by atoms with van der Waals surface area (Å²) in [5.41, 5.74) is -0.231. The van der Waals surface area contributed by atoms with Gasteiger partial charge in [0.25, 0.3) is 5.91 Å². The molecule has 0 saturated heterocycles. The summed E-state index contributed by atoms with van der Waals surface area (Å²) in [6.45, 7) is 0. The Balaban J connectivity index is 2.10. The van der Waals surface area contributed by atoms with Gasteiger partial charge in [-0.25, -0.2) is 9.78 Å². The van der Waals surface area contributed by atoms with Crippen molar-refractivity contribution in [1.29, 1.82) is 0 Å². The van der Waals surface area contributed by atoms with Crippen LogP contribution in [0.1, 0.15) is 33.7 Å². The SMILES string of the molecule is O=C(NC1CC=CCC1C(F)(F)F)c1ccc(C(=O)O)nc1. The molecule has 1 heterocycles. The first-order chi connectivity index (χ1) is 10.3. The van der Waals surface area contributed by atoms with E-state index in [1.165, 1.54) is 12.1 Å².